The minimum atomic E-state index is -0.00200. The van der Waals surface area contributed by atoms with Gasteiger partial charge in [-0.2, -0.15) is 5.10 Å². The van der Waals surface area contributed by atoms with Gasteiger partial charge in [0.15, 0.2) is 0 Å². The first-order chi connectivity index (χ1) is 12.2. The van der Waals surface area contributed by atoms with Crippen LogP contribution in [0.25, 0.3) is 0 Å². The number of hydrogen-bond acceptors (Lipinski definition) is 3. The van der Waals surface area contributed by atoms with Gasteiger partial charge in [-0.25, -0.2) is 4.98 Å². The summed E-state index contributed by atoms with van der Waals surface area (Å²) in [6, 6.07) is 21.9. The lowest BCUT2D eigenvalue weighted by molar-refractivity contribution is 0.571. The predicted octanol–water partition coefficient (Wildman–Crippen LogP) is 5.22. The average Bonchev–Trinajstić information content (AvgIpc) is 3.09. The highest BCUT2D eigenvalue weighted by atomic mass is 35.5. The number of pyridine rings is 1. The lowest BCUT2D eigenvalue weighted by Gasteiger charge is -2.21. The van der Waals surface area contributed by atoms with Crippen molar-refractivity contribution >= 4 is 28.9 Å². The van der Waals surface area contributed by atoms with Gasteiger partial charge in [0.1, 0.15) is 5.15 Å². The van der Waals surface area contributed by atoms with E-state index in [9.17, 15) is 0 Å². The minimum Gasteiger partial charge on any atom is -0.301 e. The molecule has 0 spiro atoms. The van der Waals surface area contributed by atoms with Crippen LogP contribution in [-0.2, 0) is 0 Å². The maximum atomic E-state index is 6.03. The highest BCUT2D eigenvalue weighted by molar-refractivity contribution is 6.30. The molecule has 0 saturated heterocycles. The van der Waals surface area contributed by atoms with Gasteiger partial charge in [-0.15, -0.1) is 0 Å². The van der Waals surface area contributed by atoms with Crippen molar-refractivity contribution < 1.29 is 0 Å². The van der Waals surface area contributed by atoms with Gasteiger partial charge in [0.2, 0.25) is 0 Å². The molecule has 1 aromatic heterocycles. The summed E-state index contributed by atoms with van der Waals surface area (Å²) in [5.41, 5.74) is 7.56. The Hall–Kier alpha value is -2.36. The Balaban J connectivity index is 1.77. The van der Waals surface area contributed by atoms with Crippen molar-refractivity contribution in [3.05, 3.63) is 99.8 Å². The van der Waals surface area contributed by atoms with Gasteiger partial charge in [0.25, 0.3) is 0 Å². The second-order valence-corrected chi connectivity index (χ2v) is 6.74. The van der Waals surface area contributed by atoms with Crippen LogP contribution in [0.2, 0.25) is 10.2 Å². The third-order valence-corrected chi connectivity index (χ3v) is 4.84. The molecule has 2 atom stereocenters. The molecule has 2 aromatic carbocycles. The Morgan fingerprint density at radius 1 is 0.800 bits per heavy atom. The first-order valence-electron chi connectivity index (χ1n) is 7.98. The van der Waals surface area contributed by atoms with E-state index in [4.69, 9.17) is 23.2 Å². The van der Waals surface area contributed by atoms with E-state index in [1.807, 2.05) is 48.5 Å². The summed E-state index contributed by atoms with van der Waals surface area (Å²) < 4.78 is 0. The van der Waals surface area contributed by atoms with E-state index in [-0.39, 0.29) is 12.0 Å². The van der Waals surface area contributed by atoms with Crippen molar-refractivity contribution in [2.75, 3.05) is 0 Å². The summed E-state index contributed by atoms with van der Waals surface area (Å²) in [6.45, 7) is 0. The third-order valence-electron chi connectivity index (χ3n) is 4.36. The van der Waals surface area contributed by atoms with Gasteiger partial charge in [-0.05, 0) is 34.9 Å². The van der Waals surface area contributed by atoms with Crippen LogP contribution < -0.4 is 5.43 Å². The Morgan fingerprint density at radius 3 is 2.24 bits per heavy atom. The summed E-state index contributed by atoms with van der Waals surface area (Å²) >= 11 is 12.0. The maximum Gasteiger partial charge on any atom is 0.129 e. The molecule has 124 valence electrons. The molecule has 3 aromatic rings. The molecule has 1 aliphatic heterocycles. The fraction of sp³-hybridized carbons (Fsp3) is 0.100. The highest BCUT2D eigenvalue weighted by Gasteiger charge is 2.35. The summed E-state index contributed by atoms with van der Waals surface area (Å²) in [4.78, 5) is 4.22. The number of halogens is 2. The maximum absolute atomic E-state index is 6.03. The van der Waals surface area contributed by atoms with E-state index >= 15 is 0 Å². The number of hydrogen-bond donors (Lipinski definition) is 1. The van der Waals surface area contributed by atoms with Crippen molar-refractivity contribution in [1.82, 2.24) is 10.4 Å². The van der Waals surface area contributed by atoms with Gasteiger partial charge in [-0.1, -0.05) is 71.7 Å². The van der Waals surface area contributed by atoms with Crippen LogP contribution in [0.3, 0.4) is 0 Å². The Morgan fingerprint density at radius 2 is 1.56 bits per heavy atom. The quantitative estimate of drug-likeness (QED) is 0.644. The molecule has 2 unspecified atom stereocenters. The van der Waals surface area contributed by atoms with Crippen LogP contribution in [0.15, 0.2) is 78.0 Å². The smallest absolute Gasteiger partial charge is 0.129 e. The third kappa shape index (κ3) is 3.26. The standard InChI is InChI=1S/C20H15Cl2N3/c21-16-9-6-14(7-10-16)19-18(13-4-2-1-3-5-13)20(25-24-19)15-8-11-17(22)23-12-15/h1-12,18,20,25H. The molecule has 0 radical (unpaired) electrons. The number of aromatic nitrogens is 1. The average molecular weight is 368 g/mol. The normalized spacial score (nSPS) is 19.4. The molecule has 4 rings (SSSR count). The van der Waals surface area contributed by atoms with E-state index in [1.165, 1.54) is 5.56 Å². The molecular formula is C20H15Cl2N3. The second-order valence-electron chi connectivity index (χ2n) is 5.91. The summed E-state index contributed by atoms with van der Waals surface area (Å²) in [5, 5.41) is 5.83. The van der Waals surface area contributed by atoms with E-state index in [0.717, 1.165) is 16.8 Å². The molecule has 5 heteroatoms. The first-order valence-corrected chi connectivity index (χ1v) is 8.73. The molecule has 1 N–H and O–H groups in total. The van der Waals surface area contributed by atoms with Crippen molar-refractivity contribution in [2.45, 2.75) is 12.0 Å². The molecule has 1 aliphatic rings. The lowest BCUT2D eigenvalue weighted by atomic mass is 9.83. The minimum absolute atomic E-state index is 0.00200. The molecule has 25 heavy (non-hydrogen) atoms. The molecular weight excluding hydrogens is 353 g/mol. The van der Waals surface area contributed by atoms with Gasteiger partial charge in [-0.3, -0.25) is 0 Å². The van der Waals surface area contributed by atoms with Crippen LogP contribution >= 0.6 is 23.2 Å². The van der Waals surface area contributed by atoms with E-state index in [2.05, 4.69) is 27.6 Å². The Labute approximate surface area is 156 Å². The summed E-state index contributed by atoms with van der Waals surface area (Å²) in [6.07, 6.45) is 1.80. The molecule has 0 aliphatic carbocycles. The molecule has 0 fully saturated rings. The van der Waals surface area contributed by atoms with Gasteiger partial charge < -0.3 is 5.43 Å². The van der Waals surface area contributed by atoms with Crippen molar-refractivity contribution in [3.63, 3.8) is 0 Å². The van der Waals surface area contributed by atoms with Crippen LogP contribution in [0, 0.1) is 0 Å². The van der Waals surface area contributed by atoms with Gasteiger partial charge in [0.05, 0.1) is 17.7 Å². The van der Waals surface area contributed by atoms with Gasteiger partial charge >= 0.3 is 0 Å². The Bertz CT molecular complexity index is 890. The lowest BCUT2D eigenvalue weighted by Crippen LogP contribution is -2.20. The zero-order valence-electron chi connectivity index (χ0n) is 13.2. The zero-order chi connectivity index (χ0) is 17.2. The van der Waals surface area contributed by atoms with Gasteiger partial charge in [0, 0.05) is 11.2 Å². The number of hydrazone groups is 1. The topological polar surface area (TPSA) is 37.3 Å². The van der Waals surface area contributed by atoms with E-state index < -0.39 is 0 Å². The largest absolute Gasteiger partial charge is 0.301 e. The highest BCUT2D eigenvalue weighted by Crippen LogP contribution is 2.38. The monoisotopic (exact) mass is 367 g/mol. The van der Waals surface area contributed by atoms with Crippen molar-refractivity contribution in [1.29, 1.82) is 0 Å². The predicted molar refractivity (Wildman–Crippen MR) is 102 cm³/mol. The zero-order valence-corrected chi connectivity index (χ0v) is 14.7. The second kappa shape index (κ2) is 6.87. The van der Waals surface area contributed by atoms with Crippen LogP contribution in [0.5, 0.6) is 0 Å². The number of nitrogens with zero attached hydrogens (tertiary/aromatic N) is 2. The van der Waals surface area contributed by atoms with Crippen LogP contribution in [-0.4, -0.2) is 10.7 Å². The van der Waals surface area contributed by atoms with E-state index in [1.54, 1.807) is 12.3 Å². The number of rotatable bonds is 3. The summed E-state index contributed by atoms with van der Waals surface area (Å²) in [7, 11) is 0. The Kier molecular flexibility index (Phi) is 4.43. The molecule has 0 bridgehead atoms. The molecule has 0 saturated carbocycles. The number of nitrogens with one attached hydrogen (secondary N) is 1. The van der Waals surface area contributed by atoms with E-state index in [0.29, 0.717) is 10.2 Å². The fourth-order valence-corrected chi connectivity index (χ4v) is 3.39. The molecule has 3 nitrogen and oxygen atoms in total. The first kappa shape index (κ1) is 16.1. The molecule has 2 heterocycles. The number of benzene rings is 2. The SMILES string of the molecule is Clc1ccc(C2=NNC(c3ccc(Cl)nc3)C2c2ccccc2)cc1. The fourth-order valence-electron chi connectivity index (χ4n) is 3.15. The van der Waals surface area contributed by atoms with Crippen molar-refractivity contribution in [3.8, 4) is 0 Å². The molecule has 0 amide bonds. The van der Waals surface area contributed by atoms with Crippen molar-refractivity contribution in [2.24, 2.45) is 5.10 Å². The van der Waals surface area contributed by atoms with Crippen LogP contribution in [0.4, 0.5) is 0 Å². The van der Waals surface area contributed by atoms with Crippen LogP contribution in [0.1, 0.15) is 28.7 Å². The summed E-state index contributed by atoms with van der Waals surface area (Å²) in [5.74, 6) is 0.0744.